The van der Waals surface area contributed by atoms with Gasteiger partial charge in [0.15, 0.2) is 0 Å². The van der Waals surface area contributed by atoms with Crippen LogP contribution >= 0.6 is 0 Å². The number of carbonyl (C=O) groups excluding carboxylic acids is 1. The molecule has 0 radical (unpaired) electrons. The third-order valence-corrected chi connectivity index (χ3v) is 5.45. The van der Waals surface area contributed by atoms with Gasteiger partial charge in [0.25, 0.3) is 5.91 Å². The van der Waals surface area contributed by atoms with Crippen molar-refractivity contribution in [2.24, 2.45) is 0 Å². The zero-order valence-corrected chi connectivity index (χ0v) is 17.4. The molecule has 0 N–H and O–H groups in total. The van der Waals surface area contributed by atoms with E-state index in [1.54, 1.807) is 13.2 Å². The zero-order chi connectivity index (χ0) is 20.9. The van der Waals surface area contributed by atoms with Gasteiger partial charge in [0.2, 0.25) is 5.76 Å². The van der Waals surface area contributed by atoms with Crippen molar-refractivity contribution in [1.29, 1.82) is 0 Å². The summed E-state index contributed by atoms with van der Waals surface area (Å²) in [6.45, 7) is 5.98. The summed E-state index contributed by atoms with van der Waals surface area (Å²) in [4.78, 5) is 21.7. The van der Waals surface area contributed by atoms with E-state index in [1.165, 1.54) is 5.56 Å². The van der Waals surface area contributed by atoms with Crippen LogP contribution in [0, 0.1) is 6.92 Å². The van der Waals surface area contributed by atoms with Gasteiger partial charge in [-0.15, -0.1) is 0 Å². The van der Waals surface area contributed by atoms with E-state index in [1.807, 2.05) is 41.4 Å². The minimum atomic E-state index is -0.118. The molecule has 3 aromatic rings. The van der Waals surface area contributed by atoms with E-state index >= 15 is 0 Å². The molecule has 1 fully saturated rings. The Bertz CT molecular complexity index is 1020. The molecule has 0 aliphatic carbocycles. The van der Waals surface area contributed by atoms with Gasteiger partial charge in [0.05, 0.1) is 12.8 Å². The molecular weight excluding hydrogens is 380 g/mol. The van der Waals surface area contributed by atoms with Crippen LogP contribution in [-0.4, -0.2) is 59.1 Å². The van der Waals surface area contributed by atoms with Crippen LogP contribution in [0.3, 0.4) is 0 Å². The molecule has 1 aliphatic heterocycles. The van der Waals surface area contributed by atoms with Gasteiger partial charge in [0, 0.05) is 50.6 Å². The summed E-state index contributed by atoms with van der Waals surface area (Å²) >= 11 is 0. The Labute approximate surface area is 176 Å². The Balaban J connectivity index is 1.40. The molecule has 1 aromatic carbocycles. The number of methoxy groups -OCH3 is 1. The first-order chi connectivity index (χ1) is 14.6. The molecular formula is C23H26N4O3. The number of aromatic nitrogens is 2. The van der Waals surface area contributed by atoms with Crippen molar-refractivity contribution < 1.29 is 14.1 Å². The monoisotopic (exact) mass is 406 g/mol. The largest absolute Gasteiger partial charge is 0.497 e. The van der Waals surface area contributed by atoms with Crippen molar-refractivity contribution >= 4 is 5.91 Å². The van der Waals surface area contributed by atoms with E-state index in [9.17, 15) is 4.79 Å². The van der Waals surface area contributed by atoms with E-state index in [2.05, 4.69) is 28.0 Å². The summed E-state index contributed by atoms with van der Waals surface area (Å²) in [7, 11) is 1.62. The summed E-state index contributed by atoms with van der Waals surface area (Å²) in [5.41, 5.74) is 3.76. The Morgan fingerprint density at radius 1 is 1.13 bits per heavy atom. The van der Waals surface area contributed by atoms with Crippen LogP contribution in [0.1, 0.15) is 28.2 Å². The summed E-state index contributed by atoms with van der Waals surface area (Å²) in [5.74, 6) is 0.883. The van der Waals surface area contributed by atoms with Crippen LogP contribution in [0.15, 0.2) is 53.2 Å². The number of hydrogen-bond donors (Lipinski definition) is 0. The normalized spacial score (nSPS) is 15.1. The number of benzene rings is 1. The smallest absolute Gasteiger partial charge is 0.292 e. The average molecular weight is 406 g/mol. The lowest BCUT2D eigenvalue weighted by Crippen LogP contribution is -2.35. The van der Waals surface area contributed by atoms with Crippen LogP contribution in [0.4, 0.5) is 0 Å². The van der Waals surface area contributed by atoms with Gasteiger partial charge in [0.1, 0.15) is 11.4 Å². The highest BCUT2D eigenvalue weighted by Crippen LogP contribution is 2.24. The summed E-state index contributed by atoms with van der Waals surface area (Å²) in [6.07, 6.45) is 2.74. The van der Waals surface area contributed by atoms with Crippen molar-refractivity contribution in [2.75, 3.05) is 33.3 Å². The SMILES string of the molecule is COc1cccc(-c2cc(C(=O)N3CCCN(Cc4ncccc4C)CC3)on2)c1. The number of nitrogens with zero attached hydrogens (tertiary/aromatic N) is 4. The van der Waals surface area contributed by atoms with E-state index < -0.39 is 0 Å². The molecule has 7 heteroatoms. The van der Waals surface area contributed by atoms with E-state index in [0.29, 0.717) is 18.8 Å². The molecule has 2 aromatic heterocycles. The van der Waals surface area contributed by atoms with E-state index in [4.69, 9.17) is 9.26 Å². The van der Waals surface area contributed by atoms with Crippen LogP contribution in [0.25, 0.3) is 11.3 Å². The summed E-state index contributed by atoms with van der Waals surface area (Å²) in [6, 6.07) is 13.3. The molecule has 0 unspecified atom stereocenters. The Hall–Kier alpha value is -3.19. The van der Waals surface area contributed by atoms with Crippen LogP contribution in [0.2, 0.25) is 0 Å². The summed E-state index contributed by atoms with van der Waals surface area (Å²) < 4.78 is 10.6. The van der Waals surface area contributed by atoms with Gasteiger partial charge >= 0.3 is 0 Å². The van der Waals surface area contributed by atoms with Crippen molar-refractivity contribution in [1.82, 2.24) is 19.9 Å². The maximum atomic E-state index is 13.0. The molecule has 0 spiro atoms. The average Bonchev–Trinajstić information content (AvgIpc) is 3.16. The molecule has 4 rings (SSSR count). The fraction of sp³-hybridized carbons (Fsp3) is 0.348. The maximum Gasteiger partial charge on any atom is 0.292 e. The topological polar surface area (TPSA) is 71.7 Å². The Morgan fingerprint density at radius 3 is 2.87 bits per heavy atom. The number of ether oxygens (including phenoxy) is 1. The molecule has 0 atom stereocenters. The van der Waals surface area contributed by atoms with Crippen molar-refractivity contribution in [3.05, 3.63) is 65.7 Å². The second kappa shape index (κ2) is 9.09. The number of hydrogen-bond acceptors (Lipinski definition) is 6. The fourth-order valence-corrected chi connectivity index (χ4v) is 3.68. The van der Waals surface area contributed by atoms with Gasteiger partial charge in [-0.25, -0.2) is 0 Å². The molecule has 7 nitrogen and oxygen atoms in total. The van der Waals surface area contributed by atoms with Gasteiger partial charge in [-0.1, -0.05) is 23.4 Å². The van der Waals surface area contributed by atoms with E-state index in [-0.39, 0.29) is 11.7 Å². The molecule has 0 saturated carbocycles. The number of amides is 1. The van der Waals surface area contributed by atoms with E-state index in [0.717, 1.165) is 43.1 Å². The molecule has 156 valence electrons. The maximum absolute atomic E-state index is 13.0. The predicted octanol–water partition coefficient (Wildman–Crippen LogP) is 3.40. The van der Waals surface area contributed by atoms with Gasteiger partial charge in [-0.05, 0) is 37.1 Å². The Morgan fingerprint density at radius 2 is 2.03 bits per heavy atom. The quantitative estimate of drug-likeness (QED) is 0.647. The number of carbonyl (C=O) groups is 1. The first kappa shape index (κ1) is 20.1. The standard InChI is InChI=1S/C23H26N4O3/c1-17-6-4-9-24-21(17)16-26-10-5-11-27(13-12-26)23(28)22-15-20(25-30-22)18-7-3-8-19(14-18)29-2/h3-4,6-9,14-15H,5,10-13,16H2,1-2H3. The van der Waals surface area contributed by atoms with Gasteiger partial charge < -0.3 is 14.2 Å². The summed E-state index contributed by atoms with van der Waals surface area (Å²) in [5, 5.41) is 4.08. The van der Waals surface area contributed by atoms with Crippen molar-refractivity contribution in [2.45, 2.75) is 19.9 Å². The first-order valence-corrected chi connectivity index (χ1v) is 10.2. The van der Waals surface area contributed by atoms with Crippen LogP contribution < -0.4 is 4.74 Å². The van der Waals surface area contributed by atoms with Crippen molar-refractivity contribution in [3.8, 4) is 17.0 Å². The molecule has 30 heavy (non-hydrogen) atoms. The third-order valence-electron chi connectivity index (χ3n) is 5.45. The highest BCUT2D eigenvalue weighted by Gasteiger charge is 2.24. The third kappa shape index (κ3) is 4.52. The zero-order valence-electron chi connectivity index (χ0n) is 17.4. The lowest BCUT2D eigenvalue weighted by atomic mass is 10.1. The minimum Gasteiger partial charge on any atom is -0.497 e. The fourth-order valence-electron chi connectivity index (χ4n) is 3.68. The molecule has 1 aliphatic rings. The number of pyridine rings is 1. The first-order valence-electron chi connectivity index (χ1n) is 10.2. The lowest BCUT2D eigenvalue weighted by molar-refractivity contribution is 0.0719. The van der Waals surface area contributed by atoms with Crippen LogP contribution in [0.5, 0.6) is 5.75 Å². The van der Waals surface area contributed by atoms with Crippen LogP contribution in [-0.2, 0) is 6.54 Å². The Kier molecular flexibility index (Phi) is 6.09. The highest BCUT2D eigenvalue weighted by atomic mass is 16.5. The molecule has 1 amide bonds. The highest BCUT2D eigenvalue weighted by molar-refractivity contribution is 5.92. The number of aryl methyl sites for hydroxylation is 1. The second-order valence-corrected chi connectivity index (χ2v) is 7.50. The van der Waals surface area contributed by atoms with Gasteiger partial charge in [-0.3, -0.25) is 14.7 Å². The molecule has 0 bridgehead atoms. The minimum absolute atomic E-state index is 0.118. The molecule has 3 heterocycles. The van der Waals surface area contributed by atoms with Crippen molar-refractivity contribution in [3.63, 3.8) is 0 Å². The second-order valence-electron chi connectivity index (χ2n) is 7.50. The number of rotatable bonds is 5. The van der Waals surface area contributed by atoms with Gasteiger partial charge in [-0.2, -0.15) is 0 Å². The lowest BCUT2D eigenvalue weighted by Gasteiger charge is -2.21. The molecule has 1 saturated heterocycles. The predicted molar refractivity (Wildman–Crippen MR) is 113 cm³/mol.